The van der Waals surface area contributed by atoms with Crippen molar-refractivity contribution in [1.82, 2.24) is 5.48 Å². The Morgan fingerprint density at radius 1 is 1.47 bits per heavy atom. The number of carbonyl (C=O) groups excluding carboxylic acids is 2. The van der Waals surface area contributed by atoms with Crippen LogP contribution in [0.5, 0.6) is 5.75 Å². The maximum absolute atomic E-state index is 11.6. The Hall–Kier alpha value is -2.61. The fourth-order valence-electron chi connectivity index (χ4n) is 1.44. The second-order valence-corrected chi connectivity index (χ2v) is 3.66. The Morgan fingerprint density at radius 2 is 2.26 bits per heavy atom. The highest BCUT2D eigenvalue weighted by Gasteiger charge is 2.17. The molecule has 2 rings (SSSR count). The summed E-state index contributed by atoms with van der Waals surface area (Å²) < 4.78 is 5.14. The molecule has 2 amide bonds. The van der Waals surface area contributed by atoms with Crippen molar-refractivity contribution >= 4 is 23.5 Å². The van der Waals surface area contributed by atoms with E-state index in [0.29, 0.717) is 11.4 Å². The average molecular weight is 266 g/mol. The largest absolute Gasteiger partial charge is 0.482 e. The van der Waals surface area contributed by atoms with Crippen molar-refractivity contribution in [3.8, 4) is 5.75 Å². The molecule has 8 heteroatoms. The zero-order valence-electron chi connectivity index (χ0n) is 9.63. The van der Waals surface area contributed by atoms with Crippen molar-refractivity contribution in [3.63, 3.8) is 0 Å². The number of amides is 2. The summed E-state index contributed by atoms with van der Waals surface area (Å²) in [6, 6.07) is 4.39. The SMILES string of the molecule is O=C(O)CONC(=O)c1ccc2c(c1)OCC(=O)N2. The lowest BCUT2D eigenvalue weighted by Crippen LogP contribution is -2.28. The van der Waals surface area contributed by atoms with Gasteiger partial charge < -0.3 is 15.2 Å². The number of hydroxylamine groups is 1. The van der Waals surface area contributed by atoms with Gasteiger partial charge in [-0.25, -0.2) is 10.3 Å². The molecule has 0 radical (unpaired) electrons. The number of anilines is 1. The van der Waals surface area contributed by atoms with Gasteiger partial charge in [0.15, 0.2) is 13.2 Å². The number of rotatable bonds is 4. The first kappa shape index (κ1) is 12.8. The minimum Gasteiger partial charge on any atom is -0.482 e. The summed E-state index contributed by atoms with van der Waals surface area (Å²) in [7, 11) is 0. The Balaban J connectivity index is 2.03. The fraction of sp³-hybridized carbons (Fsp3) is 0.182. The summed E-state index contributed by atoms with van der Waals surface area (Å²) in [5, 5.41) is 10.9. The average Bonchev–Trinajstić information content (AvgIpc) is 2.37. The van der Waals surface area contributed by atoms with Crippen molar-refractivity contribution in [1.29, 1.82) is 0 Å². The third-order valence-electron chi connectivity index (χ3n) is 2.24. The van der Waals surface area contributed by atoms with Crippen LogP contribution in [0.3, 0.4) is 0 Å². The predicted octanol–water partition coefficient (Wildman–Crippen LogP) is -0.237. The van der Waals surface area contributed by atoms with Gasteiger partial charge in [0.1, 0.15) is 5.75 Å². The van der Waals surface area contributed by atoms with E-state index in [0.717, 1.165) is 0 Å². The quantitative estimate of drug-likeness (QED) is 0.648. The molecule has 100 valence electrons. The van der Waals surface area contributed by atoms with E-state index in [-0.39, 0.29) is 18.1 Å². The lowest BCUT2D eigenvalue weighted by Gasteiger charge is -2.18. The zero-order valence-corrected chi connectivity index (χ0v) is 9.63. The first-order valence-electron chi connectivity index (χ1n) is 5.27. The van der Waals surface area contributed by atoms with Crippen LogP contribution in [0, 0.1) is 0 Å². The van der Waals surface area contributed by atoms with Gasteiger partial charge in [0.25, 0.3) is 11.8 Å². The molecular weight excluding hydrogens is 256 g/mol. The highest BCUT2D eigenvalue weighted by molar-refractivity contribution is 5.98. The van der Waals surface area contributed by atoms with E-state index >= 15 is 0 Å². The highest BCUT2D eigenvalue weighted by Crippen LogP contribution is 2.28. The van der Waals surface area contributed by atoms with Gasteiger partial charge in [-0.3, -0.25) is 14.4 Å². The van der Waals surface area contributed by atoms with E-state index in [4.69, 9.17) is 9.84 Å². The molecule has 1 aliphatic rings. The number of fused-ring (bicyclic) bond motifs is 1. The molecule has 0 atom stereocenters. The molecule has 1 heterocycles. The minimum atomic E-state index is -1.20. The van der Waals surface area contributed by atoms with Crippen LogP contribution in [0.2, 0.25) is 0 Å². The van der Waals surface area contributed by atoms with Gasteiger partial charge >= 0.3 is 5.97 Å². The smallest absolute Gasteiger partial charge is 0.332 e. The third-order valence-corrected chi connectivity index (χ3v) is 2.24. The molecule has 1 aromatic rings. The summed E-state index contributed by atoms with van der Waals surface area (Å²) in [6.45, 7) is -0.753. The molecule has 3 N–H and O–H groups in total. The second-order valence-electron chi connectivity index (χ2n) is 3.66. The molecule has 0 saturated heterocycles. The fourth-order valence-corrected chi connectivity index (χ4v) is 1.44. The molecule has 0 saturated carbocycles. The number of benzene rings is 1. The van der Waals surface area contributed by atoms with E-state index < -0.39 is 18.5 Å². The number of aliphatic carboxylic acids is 1. The van der Waals surface area contributed by atoms with Gasteiger partial charge in [0.2, 0.25) is 0 Å². The van der Waals surface area contributed by atoms with E-state index in [9.17, 15) is 14.4 Å². The summed E-state index contributed by atoms with van der Waals surface area (Å²) >= 11 is 0. The molecule has 0 aliphatic carbocycles. The Bertz CT molecular complexity index is 542. The van der Waals surface area contributed by atoms with Gasteiger partial charge in [0.05, 0.1) is 5.69 Å². The van der Waals surface area contributed by atoms with Gasteiger partial charge in [-0.2, -0.15) is 0 Å². The number of hydrogen-bond acceptors (Lipinski definition) is 5. The number of hydrogen-bond donors (Lipinski definition) is 3. The molecule has 8 nitrogen and oxygen atoms in total. The number of nitrogens with one attached hydrogen (secondary N) is 2. The Labute approximate surface area is 107 Å². The lowest BCUT2D eigenvalue weighted by molar-refractivity contribution is -0.144. The Morgan fingerprint density at radius 3 is 3.00 bits per heavy atom. The van der Waals surface area contributed by atoms with Crippen molar-refractivity contribution in [2.45, 2.75) is 0 Å². The van der Waals surface area contributed by atoms with Crippen molar-refractivity contribution in [2.75, 3.05) is 18.5 Å². The van der Waals surface area contributed by atoms with Crippen LogP contribution in [0.15, 0.2) is 18.2 Å². The molecule has 0 spiro atoms. The summed E-state index contributed by atoms with van der Waals surface area (Å²) in [5.41, 5.74) is 2.68. The van der Waals surface area contributed by atoms with Crippen LogP contribution in [0.4, 0.5) is 5.69 Å². The van der Waals surface area contributed by atoms with Gasteiger partial charge in [-0.05, 0) is 18.2 Å². The number of carboxylic acids is 1. The number of carboxylic acid groups (broad SMARTS) is 1. The van der Waals surface area contributed by atoms with Crippen LogP contribution in [-0.2, 0) is 14.4 Å². The molecule has 1 aromatic carbocycles. The third kappa shape index (κ3) is 3.19. The van der Waals surface area contributed by atoms with E-state index in [1.165, 1.54) is 18.2 Å². The van der Waals surface area contributed by atoms with Crippen LogP contribution in [0.1, 0.15) is 10.4 Å². The molecule has 1 aliphatic heterocycles. The predicted molar refractivity (Wildman–Crippen MR) is 61.6 cm³/mol. The monoisotopic (exact) mass is 266 g/mol. The minimum absolute atomic E-state index is 0.117. The standard InChI is InChI=1S/C11H10N2O6/c14-9-4-18-8-3-6(1-2-7(8)12-9)11(17)13-19-5-10(15)16/h1-3H,4-5H2,(H,12,14)(H,13,17)(H,15,16). The van der Waals surface area contributed by atoms with E-state index in [2.05, 4.69) is 10.2 Å². The molecule has 0 aromatic heterocycles. The summed E-state index contributed by atoms with van der Waals surface area (Å²) in [5.74, 6) is -1.71. The van der Waals surface area contributed by atoms with Crippen molar-refractivity contribution < 1.29 is 29.1 Å². The van der Waals surface area contributed by atoms with Gasteiger partial charge in [0, 0.05) is 5.56 Å². The molecule has 0 bridgehead atoms. The Kier molecular flexibility index (Phi) is 3.62. The van der Waals surface area contributed by atoms with Crippen LogP contribution >= 0.6 is 0 Å². The van der Waals surface area contributed by atoms with Crippen LogP contribution < -0.4 is 15.5 Å². The van der Waals surface area contributed by atoms with Crippen molar-refractivity contribution in [3.05, 3.63) is 23.8 Å². The van der Waals surface area contributed by atoms with E-state index in [1.54, 1.807) is 0 Å². The lowest BCUT2D eigenvalue weighted by atomic mass is 10.1. The normalized spacial score (nSPS) is 12.9. The topological polar surface area (TPSA) is 114 Å². The van der Waals surface area contributed by atoms with Crippen LogP contribution in [0.25, 0.3) is 0 Å². The van der Waals surface area contributed by atoms with E-state index in [1.807, 2.05) is 5.48 Å². The van der Waals surface area contributed by atoms with Crippen LogP contribution in [-0.4, -0.2) is 36.1 Å². The first-order valence-corrected chi connectivity index (χ1v) is 5.27. The van der Waals surface area contributed by atoms with Gasteiger partial charge in [-0.15, -0.1) is 0 Å². The second kappa shape index (κ2) is 5.36. The maximum Gasteiger partial charge on any atom is 0.332 e. The van der Waals surface area contributed by atoms with Crippen molar-refractivity contribution in [2.24, 2.45) is 0 Å². The zero-order chi connectivity index (χ0) is 13.8. The maximum atomic E-state index is 11.6. The molecular formula is C11H10N2O6. The molecule has 0 fully saturated rings. The molecule has 0 unspecified atom stereocenters. The number of ether oxygens (including phenoxy) is 1. The summed E-state index contributed by atoms with van der Waals surface area (Å²) in [4.78, 5) is 37.3. The number of carbonyl (C=O) groups is 3. The summed E-state index contributed by atoms with van der Waals surface area (Å²) in [6.07, 6.45) is 0. The first-order chi connectivity index (χ1) is 9.06. The molecule has 19 heavy (non-hydrogen) atoms. The highest BCUT2D eigenvalue weighted by atomic mass is 16.7. The van der Waals surface area contributed by atoms with Gasteiger partial charge in [-0.1, -0.05) is 0 Å².